The fourth-order valence-corrected chi connectivity index (χ4v) is 1.56. The van der Waals surface area contributed by atoms with Crippen molar-refractivity contribution in [3.05, 3.63) is 54.1 Å². The van der Waals surface area contributed by atoms with Crippen LogP contribution in [0.1, 0.15) is 10.5 Å². The maximum Gasteiger partial charge on any atom is 0.274 e. The molecule has 104 valence electrons. The van der Waals surface area contributed by atoms with Gasteiger partial charge >= 0.3 is 0 Å². The summed E-state index contributed by atoms with van der Waals surface area (Å²) in [5, 5.41) is 2.67. The van der Waals surface area contributed by atoms with Gasteiger partial charge in [0.15, 0.2) is 0 Å². The van der Waals surface area contributed by atoms with Crippen molar-refractivity contribution >= 4 is 11.6 Å². The maximum absolute atomic E-state index is 12.8. The molecule has 0 saturated carbocycles. The molecular weight excluding hydrogens is 261 g/mol. The lowest BCUT2D eigenvalue weighted by molar-refractivity contribution is 0.102. The number of nitrogens with one attached hydrogen (secondary N) is 1. The van der Waals surface area contributed by atoms with Gasteiger partial charge in [-0.1, -0.05) is 12.1 Å². The molecule has 0 saturated heterocycles. The minimum absolute atomic E-state index is 0.125. The number of para-hydroxylation sites is 2. The molecule has 0 fully saturated rings. The van der Waals surface area contributed by atoms with Gasteiger partial charge in [0.25, 0.3) is 5.91 Å². The highest BCUT2D eigenvalue weighted by molar-refractivity contribution is 6.03. The minimum atomic E-state index is -0.492. The van der Waals surface area contributed by atoms with Gasteiger partial charge < -0.3 is 15.8 Å². The smallest absolute Gasteiger partial charge is 0.274 e. The first-order valence-electron chi connectivity index (χ1n) is 6.05. The molecule has 0 aliphatic rings. The van der Waals surface area contributed by atoms with Gasteiger partial charge in [-0.2, -0.15) is 0 Å². The van der Waals surface area contributed by atoms with Gasteiger partial charge in [0.05, 0.1) is 11.9 Å². The molecule has 2 rings (SSSR count). The second-order valence-electron chi connectivity index (χ2n) is 3.95. The average molecular weight is 275 g/mol. The second-order valence-corrected chi connectivity index (χ2v) is 3.95. The number of aromatic nitrogens is 1. The molecule has 1 heterocycles. The molecule has 5 nitrogen and oxygen atoms in total. The minimum Gasteiger partial charge on any atom is -0.490 e. The molecule has 0 spiro atoms. The number of carbonyl (C=O) groups excluding carboxylic acids is 1. The third kappa shape index (κ3) is 3.52. The Balaban J connectivity index is 2.13. The summed E-state index contributed by atoms with van der Waals surface area (Å²) >= 11 is 0. The highest BCUT2D eigenvalue weighted by Gasteiger charge is 2.10. The molecule has 3 N–H and O–H groups in total. The molecule has 1 amide bonds. The van der Waals surface area contributed by atoms with E-state index in [2.05, 4.69) is 10.3 Å². The lowest BCUT2D eigenvalue weighted by Gasteiger charge is -2.11. The van der Waals surface area contributed by atoms with E-state index in [0.29, 0.717) is 24.6 Å². The highest BCUT2D eigenvalue weighted by atomic mass is 19.1. The summed E-state index contributed by atoms with van der Waals surface area (Å²) in [6, 6.07) is 9.48. The Kier molecular flexibility index (Phi) is 4.62. The number of halogens is 1. The molecule has 0 aliphatic carbocycles. The van der Waals surface area contributed by atoms with Gasteiger partial charge in [-0.15, -0.1) is 0 Å². The van der Waals surface area contributed by atoms with Gasteiger partial charge in [0.2, 0.25) is 0 Å². The number of rotatable bonds is 5. The standard InChI is InChI=1S/C14H14FN3O2/c15-10-5-6-12(17-9-10)14(19)18-11-3-1-2-4-13(11)20-8-7-16/h1-6,9H,7-8,16H2,(H,18,19). The third-order valence-corrected chi connectivity index (χ3v) is 2.47. The summed E-state index contributed by atoms with van der Waals surface area (Å²) in [5.74, 6) is -0.407. The summed E-state index contributed by atoms with van der Waals surface area (Å²) < 4.78 is 18.2. The number of hydrogen-bond donors (Lipinski definition) is 2. The number of nitrogens with two attached hydrogens (primary N) is 1. The molecule has 0 atom stereocenters. The Morgan fingerprint density at radius 1 is 1.30 bits per heavy atom. The van der Waals surface area contributed by atoms with Crippen molar-refractivity contribution in [3.8, 4) is 5.75 Å². The topological polar surface area (TPSA) is 77.2 Å². The zero-order valence-electron chi connectivity index (χ0n) is 10.7. The van der Waals surface area contributed by atoms with E-state index in [1.54, 1.807) is 24.3 Å². The van der Waals surface area contributed by atoms with E-state index in [0.717, 1.165) is 6.20 Å². The SMILES string of the molecule is NCCOc1ccccc1NC(=O)c1ccc(F)cn1. The molecule has 0 aliphatic heterocycles. The van der Waals surface area contributed by atoms with Crippen molar-refractivity contribution in [1.29, 1.82) is 0 Å². The Morgan fingerprint density at radius 2 is 2.10 bits per heavy atom. The quantitative estimate of drug-likeness (QED) is 0.872. The van der Waals surface area contributed by atoms with Crippen LogP contribution in [0.25, 0.3) is 0 Å². The summed E-state index contributed by atoms with van der Waals surface area (Å²) in [7, 11) is 0. The fraction of sp³-hybridized carbons (Fsp3) is 0.143. The van der Waals surface area contributed by atoms with Gasteiger partial charge in [-0.05, 0) is 24.3 Å². The summed E-state index contributed by atoms with van der Waals surface area (Å²) in [6.07, 6.45) is 0.992. The van der Waals surface area contributed by atoms with Crippen LogP contribution in [0.15, 0.2) is 42.6 Å². The Hall–Kier alpha value is -2.47. The number of amides is 1. The molecular formula is C14H14FN3O2. The lowest BCUT2D eigenvalue weighted by Crippen LogP contribution is -2.16. The van der Waals surface area contributed by atoms with E-state index in [4.69, 9.17) is 10.5 Å². The number of pyridine rings is 1. The van der Waals surface area contributed by atoms with E-state index in [1.165, 1.54) is 12.1 Å². The summed E-state index contributed by atoms with van der Waals surface area (Å²) in [5.41, 5.74) is 6.01. The fourth-order valence-electron chi connectivity index (χ4n) is 1.56. The van der Waals surface area contributed by atoms with E-state index in [-0.39, 0.29) is 5.69 Å². The maximum atomic E-state index is 12.8. The molecule has 0 radical (unpaired) electrons. The average Bonchev–Trinajstić information content (AvgIpc) is 2.47. The molecule has 6 heteroatoms. The Bertz CT molecular complexity index is 587. The van der Waals surface area contributed by atoms with Crippen LogP contribution < -0.4 is 15.8 Å². The molecule has 2 aromatic rings. The molecule has 20 heavy (non-hydrogen) atoms. The van der Waals surface area contributed by atoms with Crippen LogP contribution in [-0.2, 0) is 0 Å². The van der Waals surface area contributed by atoms with Gasteiger partial charge in [-0.3, -0.25) is 4.79 Å². The van der Waals surface area contributed by atoms with Crippen LogP contribution in [0.2, 0.25) is 0 Å². The van der Waals surface area contributed by atoms with E-state index < -0.39 is 11.7 Å². The molecule has 0 bridgehead atoms. The second kappa shape index (κ2) is 6.63. The van der Waals surface area contributed by atoms with Crippen molar-refractivity contribution in [2.45, 2.75) is 0 Å². The number of benzene rings is 1. The molecule has 0 unspecified atom stereocenters. The first kappa shape index (κ1) is 14.0. The molecule has 1 aromatic carbocycles. The number of hydrogen-bond acceptors (Lipinski definition) is 4. The van der Waals surface area contributed by atoms with Gasteiger partial charge in [-0.25, -0.2) is 9.37 Å². The summed E-state index contributed by atoms with van der Waals surface area (Å²) in [6.45, 7) is 0.726. The third-order valence-electron chi connectivity index (χ3n) is 2.47. The Labute approximate surface area is 115 Å². The van der Waals surface area contributed by atoms with Crippen LogP contribution in [-0.4, -0.2) is 24.0 Å². The highest BCUT2D eigenvalue weighted by Crippen LogP contribution is 2.24. The zero-order chi connectivity index (χ0) is 14.4. The van der Waals surface area contributed by atoms with Crippen molar-refractivity contribution in [2.24, 2.45) is 5.73 Å². The monoisotopic (exact) mass is 275 g/mol. The van der Waals surface area contributed by atoms with E-state index in [1.807, 2.05) is 0 Å². The van der Waals surface area contributed by atoms with Crippen molar-refractivity contribution in [1.82, 2.24) is 4.98 Å². The number of ether oxygens (including phenoxy) is 1. The van der Waals surface area contributed by atoms with Gasteiger partial charge in [0, 0.05) is 6.54 Å². The van der Waals surface area contributed by atoms with Crippen LogP contribution in [0, 0.1) is 5.82 Å². The van der Waals surface area contributed by atoms with E-state index >= 15 is 0 Å². The van der Waals surface area contributed by atoms with Gasteiger partial charge in [0.1, 0.15) is 23.9 Å². The predicted molar refractivity (Wildman–Crippen MR) is 73.1 cm³/mol. The number of anilines is 1. The van der Waals surface area contributed by atoms with Crippen LogP contribution in [0.4, 0.5) is 10.1 Å². The zero-order valence-corrected chi connectivity index (χ0v) is 10.7. The van der Waals surface area contributed by atoms with Crippen LogP contribution in [0.3, 0.4) is 0 Å². The van der Waals surface area contributed by atoms with Crippen molar-refractivity contribution in [3.63, 3.8) is 0 Å². The number of carbonyl (C=O) groups is 1. The number of nitrogens with zero attached hydrogens (tertiary/aromatic N) is 1. The summed E-state index contributed by atoms with van der Waals surface area (Å²) in [4.78, 5) is 15.7. The van der Waals surface area contributed by atoms with Crippen LogP contribution >= 0.6 is 0 Å². The molecule has 1 aromatic heterocycles. The first-order chi connectivity index (χ1) is 9.70. The lowest BCUT2D eigenvalue weighted by atomic mass is 10.2. The van der Waals surface area contributed by atoms with Crippen molar-refractivity contribution in [2.75, 3.05) is 18.5 Å². The largest absolute Gasteiger partial charge is 0.490 e. The normalized spacial score (nSPS) is 10.1. The first-order valence-corrected chi connectivity index (χ1v) is 6.05. The predicted octanol–water partition coefficient (Wildman–Crippen LogP) is 1.81. The van der Waals surface area contributed by atoms with E-state index in [9.17, 15) is 9.18 Å². The Morgan fingerprint density at radius 3 is 2.80 bits per heavy atom. The van der Waals surface area contributed by atoms with Crippen LogP contribution in [0.5, 0.6) is 5.75 Å². The van der Waals surface area contributed by atoms with Crippen molar-refractivity contribution < 1.29 is 13.9 Å².